The van der Waals surface area contributed by atoms with Crippen molar-refractivity contribution in [2.75, 3.05) is 19.5 Å². The second kappa shape index (κ2) is 9.68. The zero-order valence-corrected chi connectivity index (χ0v) is 17.1. The molecule has 0 saturated carbocycles. The fraction of sp³-hybridized carbons (Fsp3) is 0.130. The van der Waals surface area contributed by atoms with Gasteiger partial charge < -0.3 is 19.5 Å². The molecule has 0 bridgehead atoms. The van der Waals surface area contributed by atoms with Crippen LogP contribution < -0.4 is 19.5 Å². The van der Waals surface area contributed by atoms with Gasteiger partial charge in [0, 0.05) is 17.3 Å². The van der Waals surface area contributed by atoms with Gasteiger partial charge in [0.1, 0.15) is 5.75 Å². The van der Waals surface area contributed by atoms with Gasteiger partial charge in [-0.15, -0.1) is 0 Å². The number of hydrogen-bond donors (Lipinski definition) is 1. The van der Waals surface area contributed by atoms with E-state index in [1.165, 1.54) is 14.2 Å². The Kier molecular flexibility index (Phi) is 6.79. The number of methoxy groups -OCH3 is 2. The van der Waals surface area contributed by atoms with Gasteiger partial charge in [-0.3, -0.25) is 4.79 Å². The lowest BCUT2D eigenvalue weighted by Crippen LogP contribution is -2.25. The smallest absolute Gasteiger partial charge is 0.270 e. The van der Waals surface area contributed by atoms with Gasteiger partial charge >= 0.3 is 0 Å². The third-order valence-electron chi connectivity index (χ3n) is 4.30. The molecule has 30 heavy (non-hydrogen) atoms. The molecular weight excluding hydrogens is 404 g/mol. The molecule has 1 amide bonds. The van der Waals surface area contributed by atoms with Gasteiger partial charge in [-0.1, -0.05) is 41.9 Å². The van der Waals surface area contributed by atoms with Crippen molar-refractivity contribution in [2.45, 2.75) is 6.10 Å². The van der Waals surface area contributed by atoms with E-state index in [1.807, 2.05) is 24.3 Å². The quantitative estimate of drug-likeness (QED) is 0.580. The molecule has 1 atom stereocenters. The summed E-state index contributed by atoms with van der Waals surface area (Å²) >= 11 is 6.16. The lowest BCUT2D eigenvalue weighted by molar-refractivity contribution is -0.123. The fourth-order valence-electron chi connectivity index (χ4n) is 2.81. The first kappa shape index (κ1) is 21.0. The molecule has 152 valence electrons. The van der Waals surface area contributed by atoms with Crippen molar-refractivity contribution in [1.82, 2.24) is 0 Å². The molecule has 3 rings (SSSR count). The van der Waals surface area contributed by atoms with Crippen molar-refractivity contribution in [3.8, 4) is 23.3 Å². The third kappa shape index (κ3) is 4.83. The number of ether oxygens (including phenoxy) is 3. The van der Waals surface area contributed by atoms with Crippen LogP contribution in [-0.2, 0) is 4.79 Å². The molecule has 0 aliphatic carbocycles. The summed E-state index contributed by atoms with van der Waals surface area (Å²) in [4.78, 5) is 13.1. The van der Waals surface area contributed by atoms with Gasteiger partial charge in [-0.2, -0.15) is 5.26 Å². The lowest BCUT2D eigenvalue weighted by atomic mass is 10.1. The SMILES string of the molecule is COc1ccc(NC(=O)C(Oc2ccc(C#N)cc2OC)c2ccccc2)cc1Cl. The molecule has 0 aliphatic rings. The maximum Gasteiger partial charge on any atom is 0.270 e. The number of nitrogens with one attached hydrogen (secondary N) is 1. The number of carbonyl (C=O) groups is 1. The Balaban J connectivity index is 1.91. The molecule has 1 unspecified atom stereocenters. The first-order valence-electron chi connectivity index (χ1n) is 9.00. The standard InChI is InChI=1S/C23H19ClN2O4/c1-28-19-11-9-17(13-18(19)24)26-23(27)22(16-6-4-3-5-7-16)30-20-10-8-15(14-25)12-21(20)29-2/h3-13,22H,1-2H3,(H,26,27). The number of benzene rings is 3. The molecule has 3 aromatic carbocycles. The molecule has 7 heteroatoms. The summed E-state index contributed by atoms with van der Waals surface area (Å²) in [6.45, 7) is 0. The molecule has 0 fully saturated rings. The third-order valence-corrected chi connectivity index (χ3v) is 4.59. The Morgan fingerprint density at radius 3 is 2.30 bits per heavy atom. The largest absolute Gasteiger partial charge is 0.495 e. The monoisotopic (exact) mass is 422 g/mol. The van der Waals surface area contributed by atoms with E-state index in [-0.39, 0.29) is 0 Å². The minimum atomic E-state index is -0.964. The van der Waals surface area contributed by atoms with E-state index in [0.717, 1.165) is 0 Å². The van der Waals surface area contributed by atoms with E-state index in [9.17, 15) is 4.79 Å². The Bertz CT molecular complexity index is 1080. The van der Waals surface area contributed by atoms with Crippen molar-refractivity contribution in [1.29, 1.82) is 5.26 Å². The normalized spacial score (nSPS) is 11.1. The van der Waals surface area contributed by atoms with E-state index >= 15 is 0 Å². The maximum absolute atomic E-state index is 13.1. The van der Waals surface area contributed by atoms with Crippen LogP contribution in [0.5, 0.6) is 17.2 Å². The fourth-order valence-corrected chi connectivity index (χ4v) is 3.07. The number of nitriles is 1. The summed E-state index contributed by atoms with van der Waals surface area (Å²) in [7, 11) is 2.99. The van der Waals surface area contributed by atoms with Gasteiger partial charge in [-0.05, 0) is 30.3 Å². The molecule has 6 nitrogen and oxygen atoms in total. The maximum atomic E-state index is 13.1. The van der Waals surface area contributed by atoms with E-state index < -0.39 is 12.0 Å². The van der Waals surface area contributed by atoms with Crippen molar-refractivity contribution in [2.24, 2.45) is 0 Å². The van der Waals surface area contributed by atoms with Crippen LogP contribution in [0.4, 0.5) is 5.69 Å². The molecule has 1 N–H and O–H groups in total. The number of rotatable bonds is 7. The van der Waals surface area contributed by atoms with Gasteiger partial charge in [0.15, 0.2) is 11.5 Å². The summed E-state index contributed by atoms with van der Waals surface area (Å²) in [6, 6.07) is 20.8. The van der Waals surface area contributed by atoms with Gasteiger partial charge in [0.2, 0.25) is 6.10 Å². The molecule has 0 radical (unpaired) electrons. The molecule has 0 aromatic heterocycles. The highest BCUT2D eigenvalue weighted by Gasteiger charge is 2.24. The van der Waals surface area contributed by atoms with Crippen molar-refractivity contribution < 1.29 is 19.0 Å². The minimum absolute atomic E-state index is 0.341. The highest BCUT2D eigenvalue weighted by atomic mass is 35.5. The van der Waals surface area contributed by atoms with E-state index in [4.69, 9.17) is 31.1 Å². The summed E-state index contributed by atoms with van der Waals surface area (Å²) in [5.41, 5.74) is 1.58. The zero-order chi connectivity index (χ0) is 21.5. The molecule has 0 saturated heterocycles. The van der Waals surface area contributed by atoms with Crippen LogP contribution in [-0.4, -0.2) is 20.1 Å². The average molecular weight is 423 g/mol. The van der Waals surface area contributed by atoms with E-state index in [1.54, 1.807) is 48.5 Å². The highest BCUT2D eigenvalue weighted by molar-refractivity contribution is 6.32. The molecular formula is C23H19ClN2O4. The number of carbonyl (C=O) groups excluding carboxylic acids is 1. The Hall–Kier alpha value is -3.69. The summed E-state index contributed by atoms with van der Waals surface area (Å²) in [5.74, 6) is 0.810. The van der Waals surface area contributed by atoms with Crippen molar-refractivity contribution in [3.63, 3.8) is 0 Å². The van der Waals surface area contributed by atoms with E-state index in [2.05, 4.69) is 5.32 Å². The molecule has 0 aliphatic heterocycles. The minimum Gasteiger partial charge on any atom is -0.495 e. The first-order valence-corrected chi connectivity index (χ1v) is 9.37. The zero-order valence-electron chi connectivity index (χ0n) is 16.4. The predicted molar refractivity (Wildman–Crippen MR) is 114 cm³/mol. The summed E-state index contributed by atoms with van der Waals surface area (Å²) in [5, 5.41) is 12.3. The topological polar surface area (TPSA) is 80.6 Å². The highest BCUT2D eigenvalue weighted by Crippen LogP contribution is 2.33. The van der Waals surface area contributed by atoms with Crippen LogP contribution in [0.2, 0.25) is 5.02 Å². The van der Waals surface area contributed by atoms with Gasteiger partial charge in [-0.25, -0.2) is 0 Å². The first-order chi connectivity index (χ1) is 14.5. The summed E-state index contributed by atoms with van der Waals surface area (Å²) in [6.07, 6.45) is -0.964. The Morgan fingerprint density at radius 1 is 0.967 bits per heavy atom. The van der Waals surface area contributed by atoms with Crippen LogP contribution in [0.1, 0.15) is 17.2 Å². The number of nitrogens with zero attached hydrogens (tertiary/aromatic N) is 1. The van der Waals surface area contributed by atoms with E-state index in [0.29, 0.717) is 39.1 Å². The van der Waals surface area contributed by atoms with Crippen LogP contribution in [0.3, 0.4) is 0 Å². The average Bonchev–Trinajstić information content (AvgIpc) is 2.78. The Morgan fingerprint density at radius 2 is 1.67 bits per heavy atom. The molecule has 3 aromatic rings. The molecule has 0 spiro atoms. The van der Waals surface area contributed by atoms with Gasteiger partial charge in [0.05, 0.1) is 30.9 Å². The predicted octanol–water partition coefficient (Wildman–Crippen LogP) is 4.99. The second-order valence-corrected chi connectivity index (χ2v) is 6.63. The number of amides is 1. The number of hydrogen-bond acceptors (Lipinski definition) is 5. The lowest BCUT2D eigenvalue weighted by Gasteiger charge is -2.21. The summed E-state index contributed by atoms with van der Waals surface area (Å²) < 4.78 is 16.5. The van der Waals surface area contributed by atoms with Crippen molar-refractivity contribution >= 4 is 23.2 Å². The molecule has 0 heterocycles. The number of halogens is 1. The van der Waals surface area contributed by atoms with Crippen LogP contribution >= 0.6 is 11.6 Å². The van der Waals surface area contributed by atoms with Crippen molar-refractivity contribution in [3.05, 3.63) is 82.9 Å². The van der Waals surface area contributed by atoms with Gasteiger partial charge in [0.25, 0.3) is 5.91 Å². The van der Waals surface area contributed by atoms with Crippen LogP contribution in [0.25, 0.3) is 0 Å². The second-order valence-electron chi connectivity index (χ2n) is 6.22. The van der Waals surface area contributed by atoms with Crippen LogP contribution in [0.15, 0.2) is 66.7 Å². The van der Waals surface area contributed by atoms with Crippen LogP contribution in [0, 0.1) is 11.3 Å². The number of anilines is 1. The Labute approximate surface area is 179 Å².